The number of alkyl halides is 2. The number of fused-ring (bicyclic) bond motifs is 4. The van der Waals surface area contributed by atoms with Crippen LogP contribution in [0.1, 0.15) is 54.0 Å². The van der Waals surface area contributed by atoms with Crippen molar-refractivity contribution in [2.75, 3.05) is 30.5 Å². The number of ether oxygens (including phenoxy) is 2. The van der Waals surface area contributed by atoms with Gasteiger partial charge >= 0.3 is 13.6 Å². The number of H-pyrrole nitrogens is 1. The number of aromatic nitrogens is 8. The zero-order valence-electron chi connectivity index (χ0n) is 31.9. The number of carbonyl (C=O) groups is 2. The molecule has 3 fully saturated rings. The monoisotopic (exact) mass is 891 g/mol. The molecule has 0 saturated carbocycles. The Morgan fingerprint density at radius 2 is 1.26 bits per heavy atom. The Hall–Kier alpha value is -3.18. The highest BCUT2D eigenvalue weighted by Gasteiger charge is 2.56. The average molecular weight is 892 g/mol. The molecule has 0 aromatic carbocycles. The van der Waals surface area contributed by atoms with Crippen LogP contribution in [-0.2, 0) is 46.3 Å². The Balaban J connectivity index is 1.27. The summed E-state index contributed by atoms with van der Waals surface area (Å²) in [7, 11) is 0. The minimum absolute atomic E-state index is 0.00767. The topological polar surface area (TPSA) is 257 Å². The minimum atomic E-state index is -4.63. The van der Waals surface area contributed by atoms with Crippen LogP contribution in [-0.4, -0.2) is 112 Å². The van der Waals surface area contributed by atoms with Gasteiger partial charge in [0, 0.05) is 10.8 Å². The van der Waals surface area contributed by atoms with Gasteiger partial charge in [-0.1, -0.05) is 41.5 Å². The number of aromatic amines is 1. The Morgan fingerprint density at radius 3 is 1.74 bits per heavy atom. The predicted octanol–water partition coefficient (Wildman–Crippen LogP) is 4.74. The van der Waals surface area contributed by atoms with E-state index in [1.165, 1.54) is 10.9 Å². The van der Waals surface area contributed by atoms with E-state index in [1.807, 2.05) is 0 Å². The molecule has 0 bridgehead atoms. The second-order valence-electron chi connectivity index (χ2n) is 15.7. The lowest BCUT2D eigenvalue weighted by molar-refractivity contribution is -0.124. The third kappa shape index (κ3) is 8.55. The fraction of sp³-hybridized carbons (Fsp3) is 0.625. The number of hydrogen-bond acceptors (Lipinski definition) is 19. The number of ketones is 2. The molecule has 4 aromatic rings. The molecule has 3 saturated heterocycles. The summed E-state index contributed by atoms with van der Waals surface area (Å²) in [6, 6.07) is 0. The number of nitrogen functional groups attached to an aromatic ring is 1. The largest absolute Gasteiger partial charge is 0.390 e. The van der Waals surface area contributed by atoms with Crippen LogP contribution >= 0.6 is 36.4 Å². The summed E-state index contributed by atoms with van der Waals surface area (Å²) in [6.07, 6.45) is -9.58. The predicted molar refractivity (Wildman–Crippen MR) is 206 cm³/mol. The van der Waals surface area contributed by atoms with Crippen LogP contribution in [0.25, 0.3) is 22.3 Å². The normalized spacial score (nSPS) is 32.4. The number of imidazole rings is 2. The number of hydrogen-bond donors (Lipinski definition) is 2. The molecule has 3 aliphatic heterocycles. The Morgan fingerprint density at radius 1 is 0.793 bits per heavy atom. The van der Waals surface area contributed by atoms with Crippen molar-refractivity contribution in [2.45, 2.75) is 90.8 Å². The summed E-state index contributed by atoms with van der Waals surface area (Å²) in [4.78, 5) is 61.2. The summed E-state index contributed by atoms with van der Waals surface area (Å²) in [5.41, 5.74) is 3.64. The number of nitrogens with two attached hydrogens (primary N) is 1. The van der Waals surface area contributed by atoms with Gasteiger partial charge in [0.15, 0.2) is 47.4 Å². The van der Waals surface area contributed by atoms with E-state index in [0.29, 0.717) is 22.8 Å². The minimum Gasteiger partial charge on any atom is -0.382 e. The van der Waals surface area contributed by atoms with Crippen LogP contribution < -0.4 is 11.3 Å². The van der Waals surface area contributed by atoms with Crippen molar-refractivity contribution < 1.29 is 55.1 Å². The van der Waals surface area contributed by atoms with Crippen LogP contribution in [0.2, 0.25) is 0 Å². The molecule has 0 aliphatic carbocycles. The molecule has 2 unspecified atom stereocenters. The molecule has 3 N–H and O–H groups in total. The lowest BCUT2D eigenvalue weighted by Gasteiger charge is -2.30. The Labute approximate surface area is 337 Å². The van der Waals surface area contributed by atoms with E-state index in [0.717, 1.165) is 23.5 Å². The average Bonchev–Trinajstić information content (AvgIpc) is 3.92. The fourth-order valence-corrected chi connectivity index (χ4v) is 13.0. The van der Waals surface area contributed by atoms with Crippen molar-refractivity contribution in [1.82, 2.24) is 39.0 Å². The molecule has 0 spiro atoms. The first-order valence-corrected chi connectivity index (χ1v) is 24.1. The third-order valence-corrected chi connectivity index (χ3v) is 16.7. The highest BCUT2D eigenvalue weighted by molar-refractivity contribution is 8.55. The Bertz CT molecular complexity index is 2370. The van der Waals surface area contributed by atoms with Gasteiger partial charge in [0.1, 0.15) is 47.8 Å². The second kappa shape index (κ2) is 16.0. The molecular formula is C32H41F2N9O11P2S2. The van der Waals surface area contributed by atoms with E-state index in [-0.39, 0.29) is 39.7 Å². The van der Waals surface area contributed by atoms with Gasteiger partial charge in [-0.2, -0.15) is 0 Å². The number of rotatable bonds is 8. The van der Waals surface area contributed by atoms with Gasteiger partial charge in [-0.15, -0.1) is 0 Å². The number of carbonyl (C=O) groups excluding carboxylic acids is 2. The molecule has 3 aliphatic rings. The van der Waals surface area contributed by atoms with E-state index < -0.39 is 104 Å². The second-order valence-corrected chi connectivity index (χ2v) is 23.7. The number of halogens is 2. The number of nitrogens with one attached hydrogen (secondary N) is 1. The van der Waals surface area contributed by atoms with E-state index in [2.05, 4.69) is 29.9 Å². The van der Waals surface area contributed by atoms with Gasteiger partial charge < -0.3 is 20.2 Å². The number of nitrogens with zero attached hydrogens (tertiary/aromatic N) is 7. The molecule has 0 radical (unpaired) electrons. The molecule has 58 heavy (non-hydrogen) atoms. The van der Waals surface area contributed by atoms with Crippen LogP contribution in [0.4, 0.5) is 14.6 Å². The van der Waals surface area contributed by atoms with E-state index >= 15 is 8.78 Å². The summed E-state index contributed by atoms with van der Waals surface area (Å²) in [5, 5.41) is 0. The van der Waals surface area contributed by atoms with Crippen LogP contribution in [0.3, 0.4) is 0 Å². The first-order chi connectivity index (χ1) is 27.2. The van der Waals surface area contributed by atoms with Crippen LogP contribution in [0.15, 0.2) is 30.1 Å². The summed E-state index contributed by atoms with van der Waals surface area (Å²) < 4.78 is 101. The quantitative estimate of drug-likeness (QED) is 0.226. The van der Waals surface area contributed by atoms with Crippen molar-refractivity contribution >= 4 is 76.1 Å². The standard InChI is InChI=1S/C32H41F2N9O11P2S2/c1-31(2,3)17(44)9-57-55(47)50-8-16-24(20(34)30(52-16)43-14-41-22-27(43)38-12-39-28(22)46)54-56(48,58-10-18(45)32(4,5)6)49-7-15-23(53-55)19(33)29(51-15)42-13-40-21-25(35)36-11-37-26(21)42/h11-16,19-20,23-24,29-30H,7-10H2,1-6H3,(H2,35,36,37)(H,38,39,46)/t15-,16-,19-,20-,23-,24-,29-,30-,55?,56?/m1/s1. The zero-order valence-corrected chi connectivity index (χ0v) is 35.3. The third-order valence-electron chi connectivity index (χ3n) is 9.51. The molecular weight excluding hydrogens is 850 g/mol. The molecule has 10 atom stereocenters. The highest BCUT2D eigenvalue weighted by atomic mass is 32.7. The molecule has 316 valence electrons. The van der Waals surface area contributed by atoms with E-state index in [4.69, 9.17) is 33.3 Å². The maximum atomic E-state index is 16.8. The van der Waals surface area contributed by atoms with E-state index in [9.17, 15) is 23.5 Å². The molecule has 20 nitrogen and oxygen atoms in total. The maximum absolute atomic E-state index is 16.8. The molecule has 0 amide bonds. The van der Waals surface area contributed by atoms with Gasteiger partial charge in [-0.05, 0) is 22.8 Å². The Kier molecular flexibility index (Phi) is 11.9. The lowest BCUT2D eigenvalue weighted by atomic mass is 9.92. The summed E-state index contributed by atoms with van der Waals surface area (Å²) in [5.74, 6) is -1.47. The number of Topliss-reactive ketones (excluding diaryl/α,β-unsaturated/α-hetero) is 2. The first kappa shape index (κ1) is 42.9. The lowest BCUT2D eigenvalue weighted by Crippen LogP contribution is -2.37. The SMILES string of the molecule is CC(C)(C)C(=O)CSP1(=O)OC[C@H]2O[C@@H](n3cnc4c(=O)[nH]cnc43)[C@H](F)[C@@H]2OP(=O)(SCC(=O)C(C)(C)C)OC[C@H]2O[C@@H](n3cnc4c(N)ncnc43)[C@H](F)[C@@H]2O1. The summed E-state index contributed by atoms with van der Waals surface area (Å²) in [6.45, 7) is -0.863. The maximum Gasteiger partial charge on any atom is 0.390 e. The molecule has 7 rings (SSSR count). The van der Waals surface area contributed by atoms with Crippen molar-refractivity contribution in [2.24, 2.45) is 10.8 Å². The molecule has 7 heterocycles. The highest BCUT2D eigenvalue weighted by Crippen LogP contribution is 2.66. The smallest absolute Gasteiger partial charge is 0.382 e. The van der Waals surface area contributed by atoms with E-state index in [1.54, 1.807) is 41.5 Å². The van der Waals surface area contributed by atoms with Crippen molar-refractivity contribution in [3.05, 3.63) is 35.7 Å². The van der Waals surface area contributed by atoms with Gasteiger partial charge in [0.05, 0.1) is 43.7 Å². The molecule has 4 aromatic heterocycles. The van der Waals surface area contributed by atoms with Crippen LogP contribution in [0, 0.1) is 10.8 Å². The fourth-order valence-electron chi connectivity index (χ4n) is 5.99. The first-order valence-electron chi connectivity index (χ1n) is 17.8. The van der Waals surface area contributed by atoms with Crippen LogP contribution in [0.5, 0.6) is 0 Å². The summed E-state index contributed by atoms with van der Waals surface area (Å²) >= 11 is 0.961. The van der Waals surface area contributed by atoms with Crippen molar-refractivity contribution in [3.63, 3.8) is 0 Å². The van der Waals surface area contributed by atoms with Gasteiger partial charge in [0.25, 0.3) is 5.56 Å². The van der Waals surface area contributed by atoms with Gasteiger partial charge in [0.2, 0.25) is 0 Å². The van der Waals surface area contributed by atoms with Crippen molar-refractivity contribution in [1.29, 1.82) is 0 Å². The molecule has 26 heteroatoms. The van der Waals surface area contributed by atoms with Crippen molar-refractivity contribution in [3.8, 4) is 0 Å². The van der Waals surface area contributed by atoms with Gasteiger partial charge in [-0.25, -0.2) is 42.8 Å². The number of anilines is 1. The zero-order chi connectivity index (χ0) is 41.9. The van der Waals surface area contributed by atoms with Gasteiger partial charge in [-0.3, -0.25) is 41.6 Å².